The van der Waals surface area contributed by atoms with Crippen LogP contribution in [0.3, 0.4) is 0 Å². The number of amides is 3. The largest absolute Gasteiger partial charge is 0.465 e. The molecule has 0 saturated heterocycles. The van der Waals surface area contributed by atoms with E-state index >= 15 is 0 Å². The Hall–Kier alpha value is -4.45. The minimum atomic E-state index is -0.520. The van der Waals surface area contributed by atoms with Crippen LogP contribution >= 0.6 is 34.4 Å². The third-order valence-electron chi connectivity index (χ3n) is 5.90. The van der Waals surface area contributed by atoms with Crippen LogP contribution in [0.1, 0.15) is 29.5 Å². The Bertz CT molecular complexity index is 1680. The highest BCUT2D eigenvalue weighted by atomic mass is 32.2. The van der Waals surface area contributed by atoms with E-state index in [1.807, 2.05) is 41.9 Å². The predicted octanol–water partition coefficient (Wildman–Crippen LogP) is 7.38. The Morgan fingerprint density at radius 2 is 1.83 bits per heavy atom. The topological polar surface area (TPSA) is 113 Å². The molecule has 2 aromatic carbocycles. The standard InChI is InChI=1S/C31H26N4O4S3/c1-2-26(30(38)35-31-34-25(19-41-31)27-14-8-16-40-27)42-23-13-6-11-21(17-23)32-29(37)24(18-22-12-7-15-39-22)33-28(36)20-9-4-3-5-10-20/h3-19,26H,2H2,1H3,(H,32,37)(H,33,36)(H,34,35,38)/b24-18-. The van der Waals surface area contributed by atoms with Crippen molar-refractivity contribution >= 4 is 69.1 Å². The lowest BCUT2D eigenvalue weighted by molar-refractivity contribution is -0.116. The number of furan rings is 1. The second-order valence-corrected chi connectivity index (χ2v) is 12.0. The lowest BCUT2D eigenvalue weighted by atomic mass is 10.2. The van der Waals surface area contributed by atoms with Gasteiger partial charge in [-0.1, -0.05) is 37.3 Å². The van der Waals surface area contributed by atoms with E-state index in [-0.39, 0.29) is 16.9 Å². The highest BCUT2D eigenvalue weighted by Crippen LogP contribution is 2.31. The van der Waals surface area contributed by atoms with E-state index in [2.05, 4.69) is 20.9 Å². The molecule has 0 bridgehead atoms. The molecule has 1 atom stereocenters. The van der Waals surface area contributed by atoms with Crippen LogP contribution in [0.4, 0.5) is 10.8 Å². The number of hydrogen-bond donors (Lipinski definition) is 3. The molecule has 5 rings (SSSR count). The molecule has 212 valence electrons. The van der Waals surface area contributed by atoms with Gasteiger partial charge in [-0.2, -0.15) is 0 Å². The molecule has 0 saturated carbocycles. The summed E-state index contributed by atoms with van der Waals surface area (Å²) >= 11 is 4.39. The van der Waals surface area contributed by atoms with E-state index in [1.165, 1.54) is 35.4 Å². The Labute approximate surface area is 254 Å². The maximum absolute atomic E-state index is 13.3. The van der Waals surface area contributed by atoms with Crippen molar-refractivity contribution in [3.63, 3.8) is 0 Å². The fraction of sp³-hybridized carbons (Fsp3) is 0.0968. The van der Waals surface area contributed by atoms with E-state index in [0.29, 0.717) is 28.6 Å². The van der Waals surface area contributed by atoms with E-state index in [4.69, 9.17) is 4.42 Å². The zero-order valence-electron chi connectivity index (χ0n) is 22.4. The van der Waals surface area contributed by atoms with Crippen LogP contribution in [0.5, 0.6) is 0 Å². The lowest BCUT2D eigenvalue weighted by Gasteiger charge is -2.15. The average Bonchev–Trinajstić information content (AvgIpc) is 3.80. The number of anilines is 2. The van der Waals surface area contributed by atoms with Gasteiger partial charge in [0.1, 0.15) is 11.5 Å². The quantitative estimate of drug-likeness (QED) is 0.106. The van der Waals surface area contributed by atoms with Gasteiger partial charge in [0.05, 0.1) is 22.1 Å². The van der Waals surface area contributed by atoms with Crippen LogP contribution < -0.4 is 16.0 Å². The fourth-order valence-corrected chi connectivity index (χ4v) is 6.33. The number of nitrogens with one attached hydrogen (secondary N) is 3. The molecule has 3 amide bonds. The number of thiophene rings is 1. The van der Waals surface area contributed by atoms with Gasteiger partial charge in [-0.15, -0.1) is 34.4 Å². The number of aromatic nitrogens is 1. The summed E-state index contributed by atoms with van der Waals surface area (Å²) in [5.41, 5.74) is 1.79. The molecule has 1 unspecified atom stereocenters. The normalized spacial score (nSPS) is 12.0. The number of thiazole rings is 1. The van der Waals surface area contributed by atoms with E-state index in [9.17, 15) is 14.4 Å². The molecule has 0 radical (unpaired) electrons. The molecule has 0 aliphatic carbocycles. The smallest absolute Gasteiger partial charge is 0.272 e. The molecule has 0 aliphatic heterocycles. The van der Waals surface area contributed by atoms with Gasteiger partial charge in [-0.3, -0.25) is 14.4 Å². The summed E-state index contributed by atoms with van der Waals surface area (Å²) in [5.74, 6) is -0.672. The van der Waals surface area contributed by atoms with E-state index < -0.39 is 11.8 Å². The minimum absolute atomic E-state index is 0.0213. The average molecular weight is 615 g/mol. The summed E-state index contributed by atoms with van der Waals surface area (Å²) in [7, 11) is 0. The Morgan fingerprint density at radius 3 is 2.57 bits per heavy atom. The molecule has 42 heavy (non-hydrogen) atoms. The summed E-state index contributed by atoms with van der Waals surface area (Å²) in [6.45, 7) is 1.95. The van der Waals surface area contributed by atoms with E-state index in [0.717, 1.165) is 15.5 Å². The third kappa shape index (κ3) is 7.64. The monoisotopic (exact) mass is 614 g/mol. The van der Waals surface area contributed by atoms with Gasteiger partial charge in [0.25, 0.3) is 11.8 Å². The lowest BCUT2D eigenvalue weighted by Crippen LogP contribution is -2.30. The Balaban J connectivity index is 1.25. The molecule has 0 aliphatic rings. The number of hydrogen-bond acceptors (Lipinski definition) is 8. The van der Waals surface area contributed by atoms with Gasteiger partial charge in [0.2, 0.25) is 5.91 Å². The van der Waals surface area contributed by atoms with Crippen molar-refractivity contribution in [3.05, 3.63) is 113 Å². The second kappa shape index (κ2) is 13.9. The maximum atomic E-state index is 13.3. The van der Waals surface area contributed by atoms with Crippen LogP contribution in [0.15, 0.2) is 111 Å². The maximum Gasteiger partial charge on any atom is 0.272 e. The van der Waals surface area contributed by atoms with Crippen LogP contribution in [0.2, 0.25) is 0 Å². The van der Waals surface area contributed by atoms with Gasteiger partial charge in [0, 0.05) is 27.6 Å². The zero-order chi connectivity index (χ0) is 29.3. The van der Waals surface area contributed by atoms with Crippen molar-refractivity contribution in [1.29, 1.82) is 0 Å². The molecule has 3 heterocycles. The van der Waals surface area contributed by atoms with Gasteiger partial charge >= 0.3 is 0 Å². The van der Waals surface area contributed by atoms with Crippen LogP contribution in [0, 0.1) is 0 Å². The number of benzene rings is 2. The first-order valence-electron chi connectivity index (χ1n) is 13.0. The predicted molar refractivity (Wildman–Crippen MR) is 170 cm³/mol. The Morgan fingerprint density at radius 1 is 0.976 bits per heavy atom. The van der Waals surface area contributed by atoms with Gasteiger partial charge in [-0.25, -0.2) is 4.98 Å². The first-order chi connectivity index (χ1) is 20.5. The number of carbonyl (C=O) groups excluding carboxylic acids is 3. The third-order valence-corrected chi connectivity index (χ3v) is 8.91. The number of nitrogens with zero attached hydrogens (tertiary/aromatic N) is 1. The molecular weight excluding hydrogens is 589 g/mol. The molecule has 3 N–H and O–H groups in total. The number of rotatable bonds is 11. The molecule has 0 fully saturated rings. The van der Waals surface area contributed by atoms with Crippen molar-refractivity contribution in [1.82, 2.24) is 10.3 Å². The first kappa shape index (κ1) is 29.1. The van der Waals surface area contributed by atoms with Crippen LogP contribution in [-0.4, -0.2) is 28.0 Å². The summed E-state index contributed by atoms with van der Waals surface area (Å²) in [4.78, 5) is 45.6. The van der Waals surface area contributed by atoms with Crippen molar-refractivity contribution < 1.29 is 18.8 Å². The van der Waals surface area contributed by atoms with Crippen molar-refractivity contribution in [2.45, 2.75) is 23.5 Å². The number of thioether (sulfide) groups is 1. The van der Waals surface area contributed by atoms with Crippen molar-refractivity contribution in [2.75, 3.05) is 10.6 Å². The first-order valence-corrected chi connectivity index (χ1v) is 15.6. The molecule has 8 nitrogen and oxygen atoms in total. The molecular formula is C31H26N4O4S3. The van der Waals surface area contributed by atoms with Crippen molar-refractivity contribution in [3.8, 4) is 10.6 Å². The molecule has 0 spiro atoms. The van der Waals surface area contributed by atoms with Crippen LogP contribution in [0.25, 0.3) is 16.6 Å². The summed E-state index contributed by atoms with van der Waals surface area (Å²) < 4.78 is 5.36. The highest BCUT2D eigenvalue weighted by Gasteiger charge is 2.21. The van der Waals surface area contributed by atoms with Gasteiger partial charge < -0.3 is 20.4 Å². The molecule has 5 aromatic rings. The van der Waals surface area contributed by atoms with Gasteiger partial charge in [-0.05, 0) is 60.3 Å². The molecule has 3 aromatic heterocycles. The second-order valence-electron chi connectivity index (χ2n) is 8.89. The summed E-state index contributed by atoms with van der Waals surface area (Å²) in [6.07, 6.45) is 3.55. The van der Waals surface area contributed by atoms with Gasteiger partial charge in [0.15, 0.2) is 5.13 Å². The Kier molecular flexibility index (Phi) is 9.65. The minimum Gasteiger partial charge on any atom is -0.465 e. The highest BCUT2D eigenvalue weighted by molar-refractivity contribution is 8.00. The van der Waals surface area contributed by atoms with E-state index in [1.54, 1.807) is 65.9 Å². The SMILES string of the molecule is CCC(Sc1cccc(NC(=O)/C(=C/c2ccco2)NC(=O)c2ccccc2)c1)C(=O)Nc1nc(-c2cccs2)cs1. The zero-order valence-corrected chi connectivity index (χ0v) is 24.9. The fourth-order valence-electron chi connectivity index (χ4n) is 3.84. The summed E-state index contributed by atoms with van der Waals surface area (Å²) in [6, 6.07) is 23.2. The number of carbonyl (C=O) groups is 3. The molecule has 11 heteroatoms. The van der Waals surface area contributed by atoms with Crippen LogP contribution in [-0.2, 0) is 9.59 Å². The summed E-state index contributed by atoms with van der Waals surface area (Å²) in [5, 5.41) is 12.6. The van der Waals surface area contributed by atoms with Crippen molar-refractivity contribution in [2.24, 2.45) is 0 Å².